The fraction of sp³-hybridized carbons (Fsp3) is 0. The number of rotatable bonds is 6. The summed E-state index contributed by atoms with van der Waals surface area (Å²) < 4.78 is 0. The van der Waals surface area contributed by atoms with Crippen molar-refractivity contribution in [3.63, 3.8) is 0 Å². The first-order valence-corrected chi connectivity index (χ1v) is 15.8. The smallest absolute Gasteiger partial charge is 0.256 e. The monoisotopic (exact) mass is 602 g/mol. The molecule has 1 aromatic heterocycles. The van der Waals surface area contributed by atoms with Crippen molar-refractivity contribution in [2.24, 2.45) is 0 Å². The lowest BCUT2D eigenvalue weighted by Crippen LogP contribution is -2.14. The van der Waals surface area contributed by atoms with Gasteiger partial charge in [0, 0.05) is 22.5 Å². The summed E-state index contributed by atoms with van der Waals surface area (Å²) in [5, 5.41) is 6.12. The van der Waals surface area contributed by atoms with Gasteiger partial charge in [-0.05, 0) is 68.1 Å². The first-order chi connectivity index (χ1) is 23.3. The number of benzene rings is 7. The third kappa shape index (κ3) is 5.14. The molecule has 8 rings (SSSR count). The van der Waals surface area contributed by atoms with Gasteiger partial charge in [-0.1, -0.05) is 152 Å². The summed E-state index contributed by atoms with van der Waals surface area (Å²) in [6, 6.07) is 58.0. The van der Waals surface area contributed by atoms with E-state index in [-0.39, 0.29) is 5.91 Å². The van der Waals surface area contributed by atoms with Crippen LogP contribution >= 0.6 is 0 Å². The normalized spacial score (nSPS) is 11.1. The predicted octanol–water partition coefficient (Wildman–Crippen LogP) is 11.3. The molecule has 0 aliphatic carbocycles. The number of anilines is 1. The molecule has 0 unspecified atom stereocenters. The molecule has 1 N–H and O–H groups in total. The molecule has 3 heteroatoms. The lowest BCUT2D eigenvalue weighted by atomic mass is 9.78. The maximum Gasteiger partial charge on any atom is 0.256 e. The molecule has 47 heavy (non-hydrogen) atoms. The van der Waals surface area contributed by atoms with Crippen LogP contribution in [0.4, 0.5) is 5.69 Å². The van der Waals surface area contributed by atoms with Gasteiger partial charge < -0.3 is 5.32 Å². The molecule has 0 aliphatic heterocycles. The molecule has 0 radical (unpaired) electrons. The van der Waals surface area contributed by atoms with Gasteiger partial charge in [0.1, 0.15) is 0 Å². The number of nitrogens with one attached hydrogen (secondary N) is 1. The van der Waals surface area contributed by atoms with Crippen LogP contribution in [0.5, 0.6) is 0 Å². The summed E-state index contributed by atoms with van der Waals surface area (Å²) in [6.45, 7) is 0. The second kappa shape index (κ2) is 12.2. The Morgan fingerprint density at radius 3 is 1.53 bits per heavy atom. The summed E-state index contributed by atoms with van der Waals surface area (Å²) in [5.74, 6) is -0.184. The Morgan fingerprint density at radius 2 is 0.936 bits per heavy atom. The number of carbonyl (C=O) groups excluding carboxylic acids is 1. The minimum Gasteiger partial charge on any atom is -0.320 e. The maximum atomic E-state index is 14.6. The summed E-state index contributed by atoms with van der Waals surface area (Å²) in [4.78, 5) is 19.2. The second-order valence-electron chi connectivity index (χ2n) is 11.5. The lowest BCUT2D eigenvalue weighted by Gasteiger charge is -2.25. The van der Waals surface area contributed by atoms with E-state index in [0.29, 0.717) is 11.3 Å². The van der Waals surface area contributed by atoms with E-state index in [1.807, 2.05) is 60.7 Å². The van der Waals surface area contributed by atoms with Crippen molar-refractivity contribution in [2.45, 2.75) is 0 Å². The molecule has 0 atom stereocenters. The molecule has 0 spiro atoms. The highest BCUT2D eigenvalue weighted by molar-refractivity contribution is 6.25. The van der Waals surface area contributed by atoms with Crippen LogP contribution in [0.2, 0.25) is 0 Å². The molecule has 0 fully saturated rings. The number of fused-ring (bicyclic) bond motifs is 2. The van der Waals surface area contributed by atoms with Crippen LogP contribution < -0.4 is 5.32 Å². The van der Waals surface area contributed by atoms with Crippen molar-refractivity contribution in [1.29, 1.82) is 0 Å². The van der Waals surface area contributed by atoms with Gasteiger partial charge in [0.05, 0.1) is 11.2 Å². The molecule has 3 nitrogen and oxygen atoms in total. The molecule has 1 amide bonds. The molecular formula is C44H30N2O. The SMILES string of the molecule is O=C(Nc1cccc2cccnc12)c1cccc2c(-c3ccccc3)c(-c3ccccc3)c(-c3ccccc3)c(-c3ccccc3)c12. The number of nitrogens with zero attached hydrogens (tertiary/aromatic N) is 1. The second-order valence-corrected chi connectivity index (χ2v) is 11.5. The quantitative estimate of drug-likeness (QED) is 0.206. The molecule has 7 aromatic carbocycles. The third-order valence-corrected chi connectivity index (χ3v) is 8.71. The highest BCUT2D eigenvalue weighted by Gasteiger charge is 2.26. The summed E-state index contributed by atoms with van der Waals surface area (Å²) in [7, 11) is 0. The van der Waals surface area contributed by atoms with Gasteiger partial charge in [0.25, 0.3) is 5.91 Å². The van der Waals surface area contributed by atoms with Crippen LogP contribution in [0.3, 0.4) is 0 Å². The van der Waals surface area contributed by atoms with Crippen molar-refractivity contribution in [3.05, 3.63) is 182 Å². The fourth-order valence-electron chi connectivity index (χ4n) is 6.71. The predicted molar refractivity (Wildman–Crippen MR) is 195 cm³/mol. The van der Waals surface area contributed by atoms with Crippen LogP contribution in [-0.2, 0) is 0 Å². The van der Waals surface area contributed by atoms with Crippen LogP contribution in [0.1, 0.15) is 10.4 Å². The summed E-state index contributed by atoms with van der Waals surface area (Å²) in [6.07, 6.45) is 1.76. The number of hydrogen-bond acceptors (Lipinski definition) is 2. The first kappa shape index (κ1) is 28.2. The molecule has 8 aromatic rings. The van der Waals surface area contributed by atoms with Gasteiger partial charge in [0.15, 0.2) is 0 Å². The lowest BCUT2D eigenvalue weighted by molar-refractivity contribution is 0.102. The zero-order chi connectivity index (χ0) is 31.6. The van der Waals surface area contributed by atoms with Crippen LogP contribution in [-0.4, -0.2) is 10.9 Å². The first-order valence-electron chi connectivity index (χ1n) is 15.8. The largest absolute Gasteiger partial charge is 0.320 e. The summed E-state index contributed by atoms with van der Waals surface area (Å²) in [5.41, 5.74) is 10.7. The molecular weight excluding hydrogens is 572 g/mol. The van der Waals surface area contributed by atoms with Gasteiger partial charge in [-0.15, -0.1) is 0 Å². The maximum absolute atomic E-state index is 14.6. The van der Waals surface area contributed by atoms with E-state index in [2.05, 4.69) is 119 Å². The topological polar surface area (TPSA) is 42.0 Å². The average Bonchev–Trinajstić information content (AvgIpc) is 3.15. The van der Waals surface area contributed by atoms with Gasteiger partial charge in [-0.3, -0.25) is 9.78 Å². The van der Waals surface area contributed by atoms with Crippen molar-refractivity contribution >= 4 is 33.3 Å². The highest BCUT2D eigenvalue weighted by atomic mass is 16.1. The van der Waals surface area contributed by atoms with E-state index in [1.165, 1.54) is 0 Å². The Balaban J connectivity index is 1.53. The Hall–Kier alpha value is -6.32. The minimum atomic E-state index is -0.184. The molecule has 1 heterocycles. The number of hydrogen-bond donors (Lipinski definition) is 1. The minimum absolute atomic E-state index is 0.184. The van der Waals surface area contributed by atoms with E-state index in [9.17, 15) is 4.79 Å². The van der Waals surface area contributed by atoms with Crippen molar-refractivity contribution in [2.75, 3.05) is 5.32 Å². The number of para-hydroxylation sites is 1. The van der Waals surface area contributed by atoms with Gasteiger partial charge in [-0.2, -0.15) is 0 Å². The van der Waals surface area contributed by atoms with E-state index < -0.39 is 0 Å². The molecule has 222 valence electrons. The van der Waals surface area contributed by atoms with Crippen molar-refractivity contribution in [3.8, 4) is 44.5 Å². The molecule has 0 saturated heterocycles. The Morgan fingerprint density at radius 1 is 0.447 bits per heavy atom. The number of carbonyl (C=O) groups is 1. The summed E-state index contributed by atoms with van der Waals surface area (Å²) >= 11 is 0. The van der Waals surface area contributed by atoms with Crippen LogP contribution in [0, 0.1) is 0 Å². The van der Waals surface area contributed by atoms with Gasteiger partial charge >= 0.3 is 0 Å². The van der Waals surface area contributed by atoms with Crippen molar-refractivity contribution in [1.82, 2.24) is 4.98 Å². The van der Waals surface area contributed by atoms with E-state index in [1.54, 1.807) is 6.20 Å². The zero-order valence-electron chi connectivity index (χ0n) is 25.6. The standard InChI is InChI=1S/C44H30N2O/c47-44(46-37-28-13-24-34-25-15-29-45-43(34)37)36-27-14-26-35-38(30-16-5-1-6-17-30)39(31-18-7-2-8-19-31)40(32-20-9-3-10-21-32)41(42(35)36)33-22-11-4-12-23-33/h1-29H,(H,46,47). The van der Waals surface area contributed by atoms with Gasteiger partial charge in [-0.25, -0.2) is 0 Å². The number of aromatic nitrogens is 1. The Bertz CT molecular complexity index is 2360. The van der Waals surface area contributed by atoms with E-state index in [4.69, 9.17) is 0 Å². The highest BCUT2D eigenvalue weighted by Crippen LogP contribution is 2.51. The van der Waals surface area contributed by atoms with E-state index in [0.717, 1.165) is 66.2 Å². The molecule has 0 aliphatic rings. The Kier molecular flexibility index (Phi) is 7.33. The van der Waals surface area contributed by atoms with Crippen LogP contribution in [0.15, 0.2) is 176 Å². The van der Waals surface area contributed by atoms with E-state index >= 15 is 0 Å². The number of pyridine rings is 1. The van der Waals surface area contributed by atoms with Crippen LogP contribution in [0.25, 0.3) is 66.2 Å². The third-order valence-electron chi connectivity index (χ3n) is 8.71. The molecule has 0 bridgehead atoms. The van der Waals surface area contributed by atoms with Gasteiger partial charge in [0.2, 0.25) is 0 Å². The number of amides is 1. The fourth-order valence-corrected chi connectivity index (χ4v) is 6.71. The zero-order valence-corrected chi connectivity index (χ0v) is 25.6. The molecule has 0 saturated carbocycles. The Labute approximate surface area is 273 Å². The average molecular weight is 603 g/mol. The van der Waals surface area contributed by atoms with Crippen molar-refractivity contribution < 1.29 is 4.79 Å².